The van der Waals surface area contributed by atoms with E-state index in [0.717, 1.165) is 45.5 Å². The number of carbonyl (C=O) groups is 1. The van der Waals surface area contributed by atoms with Gasteiger partial charge in [0.15, 0.2) is 0 Å². The molecule has 1 unspecified atom stereocenters. The molecule has 2 aliphatic rings. The van der Waals surface area contributed by atoms with E-state index in [9.17, 15) is 4.79 Å². The second-order valence-electron chi connectivity index (χ2n) is 5.66. The Morgan fingerprint density at radius 3 is 2.63 bits per heavy atom. The third kappa shape index (κ3) is 5.67. The zero-order valence-electron chi connectivity index (χ0n) is 11.9. The monoisotopic (exact) mass is 290 g/mol. The standard InChI is InChI=1S/C14H26N2O2.ClH/c1-16(11-13-4-2-3-9-18-13)14(17)10-12-5-7-15-8-6-12;/h12-13,15H,2-11H2,1H3;1H. The van der Waals surface area contributed by atoms with Crippen LogP contribution in [0.25, 0.3) is 0 Å². The van der Waals surface area contributed by atoms with Crippen molar-refractivity contribution in [2.24, 2.45) is 5.92 Å². The number of piperidine rings is 1. The van der Waals surface area contributed by atoms with Crippen molar-refractivity contribution < 1.29 is 9.53 Å². The minimum absolute atomic E-state index is 0. The number of nitrogens with one attached hydrogen (secondary N) is 1. The normalized spacial score (nSPS) is 24.6. The highest BCUT2D eigenvalue weighted by Crippen LogP contribution is 2.18. The molecule has 19 heavy (non-hydrogen) atoms. The zero-order valence-corrected chi connectivity index (χ0v) is 12.7. The van der Waals surface area contributed by atoms with E-state index in [1.54, 1.807) is 0 Å². The minimum atomic E-state index is 0. The quantitative estimate of drug-likeness (QED) is 0.859. The molecule has 1 N–H and O–H groups in total. The van der Waals surface area contributed by atoms with Gasteiger partial charge in [-0.05, 0) is 51.1 Å². The molecule has 0 aromatic heterocycles. The number of halogens is 1. The molecular formula is C14H27ClN2O2. The van der Waals surface area contributed by atoms with E-state index < -0.39 is 0 Å². The maximum Gasteiger partial charge on any atom is 0.222 e. The zero-order chi connectivity index (χ0) is 12.8. The van der Waals surface area contributed by atoms with E-state index >= 15 is 0 Å². The van der Waals surface area contributed by atoms with Gasteiger partial charge in [-0.2, -0.15) is 0 Å². The van der Waals surface area contributed by atoms with Gasteiger partial charge in [0, 0.05) is 26.6 Å². The van der Waals surface area contributed by atoms with Crippen LogP contribution in [0.5, 0.6) is 0 Å². The Hall–Kier alpha value is -0.320. The first-order valence-corrected chi connectivity index (χ1v) is 7.32. The summed E-state index contributed by atoms with van der Waals surface area (Å²) in [4.78, 5) is 14.0. The van der Waals surface area contributed by atoms with Crippen LogP contribution < -0.4 is 5.32 Å². The molecule has 2 saturated heterocycles. The number of hydrogen-bond donors (Lipinski definition) is 1. The second-order valence-corrected chi connectivity index (χ2v) is 5.66. The van der Waals surface area contributed by atoms with E-state index in [0.29, 0.717) is 12.3 Å². The summed E-state index contributed by atoms with van der Waals surface area (Å²) >= 11 is 0. The molecule has 4 nitrogen and oxygen atoms in total. The van der Waals surface area contributed by atoms with Crippen molar-refractivity contribution in [2.75, 3.05) is 33.3 Å². The van der Waals surface area contributed by atoms with Crippen molar-refractivity contribution in [1.29, 1.82) is 0 Å². The van der Waals surface area contributed by atoms with Gasteiger partial charge >= 0.3 is 0 Å². The topological polar surface area (TPSA) is 41.6 Å². The van der Waals surface area contributed by atoms with Gasteiger partial charge in [0.05, 0.1) is 6.10 Å². The Morgan fingerprint density at radius 1 is 1.26 bits per heavy atom. The lowest BCUT2D eigenvalue weighted by atomic mass is 9.94. The molecule has 2 rings (SSSR count). The maximum absolute atomic E-state index is 12.1. The number of likely N-dealkylation sites (N-methyl/N-ethyl adjacent to an activating group) is 1. The molecule has 112 valence electrons. The van der Waals surface area contributed by atoms with E-state index in [1.165, 1.54) is 12.8 Å². The molecule has 0 saturated carbocycles. The van der Waals surface area contributed by atoms with Crippen molar-refractivity contribution >= 4 is 18.3 Å². The number of nitrogens with zero attached hydrogens (tertiary/aromatic N) is 1. The summed E-state index contributed by atoms with van der Waals surface area (Å²) in [5.41, 5.74) is 0. The average molecular weight is 291 g/mol. The molecule has 0 aromatic rings. The van der Waals surface area contributed by atoms with Gasteiger partial charge in [0.25, 0.3) is 0 Å². The molecule has 0 bridgehead atoms. The number of ether oxygens (including phenoxy) is 1. The highest BCUT2D eigenvalue weighted by molar-refractivity contribution is 5.85. The lowest BCUT2D eigenvalue weighted by Crippen LogP contribution is -2.38. The van der Waals surface area contributed by atoms with Gasteiger partial charge in [-0.15, -0.1) is 12.4 Å². The SMILES string of the molecule is CN(CC1CCCCO1)C(=O)CC1CCNCC1.Cl. The van der Waals surface area contributed by atoms with Crippen LogP contribution in [0.4, 0.5) is 0 Å². The first-order valence-electron chi connectivity index (χ1n) is 7.32. The first kappa shape index (κ1) is 16.7. The van der Waals surface area contributed by atoms with E-state index in [-0.39, 0.29) is 24.4 Å². The summed E-state index contributed by atoms with van der Waals surface area (Å²) in [5.74, 6) is 0.865. The Bertz CT molecular complexity index is 264. The predicted molar refractivity (Wildman–Crippen MR) is 78.7 cm³/mol. The third-order valence-corrected chi connectivity index (χ3v) is 4.10. The van der Waals surface area contributed by atoms with E-state index in [4.69, 9.17) is 4.74 Å². The van der Waals surface area contributed by atoms with Crippen LogP contribution in [-0.2, 0) is 9.53 Å². The van der Waals surface area contributed by atoms with Gasteiger partial charge in [0.2, 0.25) is 5.91 Å². The molecule has 0 aromatic carbocycles. The molecule has 2 heterocycles. The third-order valence-electron chi connectivity index (χ3n) is 4.10. The molecule has 2 fully saturated rings. The Kier molecular flexibility index (Phi) is 7.73. The molecule has 0 radical (unpaired) electrons. The predicted octanol–water partition coefficient (Wildman–Crippen LogP) is 1.83. The Morgan fingerprint density at radius 2 is 2.00 bits per heavy atom. The second kappa shape index (κ2) is 8.77. The fourth-order valence-electron chi connectivity index (χ4n) is 2.85. The molecule has 0 aliphatic carbocycles. The van der Waals surface area contributed by atoms with Gasteiger partial charge in [0.1, 0.15) is 0 Å². The molecule has 1 atom stereocenters. The van der Waals surface area contributed by atoms with Crippen molar-refractivity contribution in [3.05, 3.63) is 0 Å². The van der Waals surface area contributed by atoms with Crippen LogP contribution in [0.1, 0.15) is 38.5 Å². The molecule has 2 aliphatic heterocycles. The minimum Gasteiger partial charge on any atom is -0.376 e. The van der Waals surface area contributed by atoms with Crippen LogP contribution in [0.2, 0.25) is 0 Å². The van der Waals surface area contributed by atoms with E-state index in [1.807, 2.05) is 11.9 Å². The summed E-state index contributed by atoms with van der Waals surface area (Å²) in [6.45, 7) is 3.76. The van der Waals surface area contributed by atoms with Crippen molar-refractivity contribution in [3.8, 4) is 0 Å². The van der Waals surface area contributed by atoms with E-state index in [2.05, 4.69) is 5.32 Å². The summed E-state index contributed by atoms with van der Waals surface area (Å²) < 4.78 is 5.68. The summed E-state index contributed by atoms with van der Waals surface area (Å²) in [7, 11) is 1.92. The fraction of sp³-hybridized carbons (Fsp3) is 0.929. The maximum atomic E-state index is 12.1. The molecule has 0 spiro atoms. The lowest BCUT2D eigenvalue weighted by Gasteiger charge is -2.29. The van der Waals surface area contributed by atoms with Crippen LogP contribution in [0.15, 0.2) is 0 Å². The highest BCUT2D eigenvalue weighted by atomic mass is 35.5. The lowest BCUT2D eigenvalue weighted by molar-refractivity contribution is -0.133. The van der Waals surface area contributed by atoms with Crippen LogP contribution in [0, 0.1) is 5.92 Å². The summed E-state index contributed by atoms with van der Waals surface area (Å²) in [6, 6.07) is 0. The molecule has 5 heteroatoms. The number of carbonyl (C=O) groups excluding carboxylic acids is 1. The first-order chi connectivity index (χ1) is 8.75. The van der Waals surface area contributed by atoms with Gasteiger partial charge in [-0.3, -0.25) is 4.79 Å². The number of rotatable bonds is 4. The van der Waals surface area contributed by atoms with Crippen molar-refractivity contribution in [2.45, 2.75) is 44.6 Å². The van der Waals surface area contributed by atoms with Gasteiger partial charge < -0.3 is 15.0 Å². The largest absolute Gasteiger partial charge is 0.376 e. The van der Waals surface area contributed by atoms with Crippen LogP contribution in [-0.4, -0.2) is 50.2 Å². The Balaban J connectivity index is 0.00000180. The summed E-state index contributed by atoms with van der Waals surface area (Å²) in [6.07, 6.45) is 6.76. The fourth-order valence-corrected chi connectivity index (χ4v) is 2.85. The van der Waals surface area contributed by atoms with Crippen LogP contribution >= 0.6 is 12.4 Å². The van der Waals surface area contributed by atoms with Gasteiger partial charge in [-0.25, -0.2) is 0 Å². The molecular weight excluding hydrogens is 264 g/mol. The Labute approximate surface area is 122 Å². The van der Waals surface area contributed by atoms with Gasteiger partial charge in [-0.1, -0.05) is 0 Å². The van der Waals surface area contributed by atoms with Crippen molar-refractivity contribution in [1.82, 2.24) is 10.2 Å². The molecule has 1 amide bonds. The van der Waals surface area contributed by atoms with Crippen LogP contribution in [0.3, 0.4) is 0 Å². The number of amides is 1. The average Bonchev–Trinajstić information content (AvgIpc) is 2.41. The van der Waals surface area contributed by atoms with Crippen molar-refractivity contribution in [3.63, 3.8) is 0 Å². The smallest absolute Gasteiger partial charge is 0.222 e. The summed E-state index contributed by atoms with van der Waals surface area (Å²) in [5, 5.41) is 3.34. The number of hydrogen-bond acceptors (Lipinski definition) is 3. The highest BCUT2D eigenvalue weighted by Gasteiger charge is 2.22.